The summed E-state index contributed by atoms with van der Waals surface area (Å²) in [4.78, 5) is 15.2. The lowest BCUT2D eigenvalue weighted by Crippen LogP contribution is -2.53. The van der Waals surface area contributed by atoms with Crippen molar-refractivity contribution in [2.24, 2.45) is 5.73 Å². The highest BCUT2D eigenvalue weighted by Gasteiger charge is 2.28. The molecule has 0 aliphatic carbocycles. The van der Waals surface area contributed by atoms with Crippen molar-refractivity contribution in [1.29, 1.82) is 0 Å². The number of phenolic OH excluding ortho intramolecular Hbond substituents is 1. The molecule has 1 aliphatic heterocycles. The third-order valence-corrected chi connectivity index (χ3v) is 4.58. The Balaban J connectivity index is 1.83. The number of phenols is 1. The molecule has 2 aromatic rings. The van der Waals surface area contributed by atoms with Gasteiger partial charge in [-0.2, -0.15) is 0 Å². The van der Waals surface area contributed by atoms with Crippen LogP contribution < -0.4 is 15.5 Å². The van der Waals surface area contributed by atoms with E-state index < -0.39 is 17.5 Å². The molecule has 1 fully saturated rings. The Hall–Kier alpha value is -2.83. The van der Waals surface area contributed by atoms with E-state index in [1.165, 1.54) is 12.1 Å². The molecule has 0 spiro atoms. The van der Waals surface area contributed by atoms with Crippen LogP contribution in [-0.4, -0.2) is 36.7 Å². The second-order valence-electron chi connectivity index (χ2n) is 6.45. The van der Waals surface area contributed by atoms with Crippen molar-refractivity contribution >= 4 is 17.3 Å². The molecule has 3 rings (SSSR count). The highest BCUT2D eigenvalue weighted by molar-refractivity contribution is 5.73. The number of carbonyl (C=O) groups excluding carboxylic acids is 1. The highest BCUT2D eigenvalue weighted by atomic mass is 19.1. The first-order chi connectivity index (χ1) is 12.4. The number of rotatable bonds is 5. The van der Waals surface area contributed by atoms with Crippen LogP contribution in [0.1, 0.15) is 12.8 Å². The summed E-state index contributed by atoms with van der Waals surface area (Å²) in [5.41, 5.74) is 6.60. The zero-order valence-electron chi connectivity index (χ0n) is 14.2. The predicted molar refractivity (Wildman–Crippen MR) is 96.2 cm³/mol. The largest absolute Gasteiger partial charge is 0.508 e. The first kappa shape index (κ1) is 18.0. The standard InChI is InChI=1S/C19H21F2N3O2/c20-13-8-14(21)10-17(9-13)23-6-7-24(15-2-1-3-18(25)11-15)16(12-23)4-5-19(22)26/h1-3,8-11,16,25H,4-7,12H2,(H2,22,26). The van der Waals surface area contributed by atoms with Gasteiger partial charge in [0, 0.05) is 55.6 Å². The minimum atomic E-state index is -0.621. The van der Waals surface area contributed by atoms with Gasteiger partial charge in [-0.25, -0.2) is 8.78 Å². The summed E-state index contributed by atoms with van der Waals surface area (Å²) in [6, 6.07) is 10.3. The van der Waals surface area contributed by atoms with E-state index in [-0.39, 0.29) is 18.2 Å². The molecule has 1 unspecified atom stereocenters. The van der Waals surface area contributed by atoms with Gasteiger partial charge < -0.3 is 20.6 Å². The van der Waals surface area contributed by atoms with Crippen molar-refractivity contribution in [2.45, 2.75) is 18.9 Å². The van der Waals surface area contributed by atoms with Gasteiger partial charge in [0.05, 0.1) is 0 Å². The van der Waals surface area contributed by atoms with Gasteiger partial charge in [0.25, 0.3) is 0 Å². The van der Waals surface area contributed by atoms with Gasteiger partial charge in [0.15, 0.2) is 0 Å². The molecule has 3 N–H and O–H groups in total. The zero-order valence-corrected chi connectivity index (χ0v) is 14.2. The second kappa shape index (κ2) is 7.59. The van der Waals surface area contributed by atoms with Gasteiger partial charge in [0.2, 0.25) is 5.91 Å². The number of primary amides is 1. The molecule has 1 saturated heterocycles. The number of anilines is 2. The topological polar surface area (TPSA) is 69.8 Å². The Labute approximate surface area is 150 Å². The number of aromatic hydroxyl groups is 1. The fraction of sp³-hybridized carbons (Fsp3) is 0.316. The molecular formula is C19H21F2N3O2. The average Bonchev–Trinajstić information content (AvgIpc) is 2.59. The smallest absolute Gasteiger partial charge is 0.217 e. The molecule has 0 bridgehead atoms. The predicted octanol–water partition coefficient (Wildman–Crippen LogP) is 2.63. The number of nitrogens with zero attached hydrogens (tertiary/aromatic N) is 2. The van der Waals surface area contributed by atoms with Crippen molar-refractivity contribution in [3.63, 3.8) is 0 Å². The van der Waals surface area contributed by atoms with E-state index >= 15 is 0 Å². The van der Waals surface area contributed by atoms with Gasteiger partial charge in [-0.1, -0.05) is 6.07 Å². The molecule has 0 aromatic heterocycles. The fourth-order valence-corrected chi connectivity index (χ4v) is 3.38. The van der Waals surface area contributed by atoms with E-state index in [4.69, 9.17) is 5.73 Å². The van der Waals surface area contributed by atoms with Crippen LogP contribution in [0, 0.1) is 11.6 Å². The molecule has 26 heavy (non-hydrogen) atoms. The Morgan fingerprint density at radius 1 is 1.12 bits per heavy atom. The van der Waals surface area contributed by atoms with Crippen molar-refractivity contribution in [3.05, 3.63) is 54.1 Å². The molecule has 0 saturated carbocycles. The summed E-state index contributed by atoms with van der Waals surface area (Å²) in [7, 11) is 0. The maximum Gasteiger partial charge on any atom is 0.217 e. The Bertz CT molecular complexity index is 780. The quantitative estimate of drug-likeness (QED) is 0.859. The van der Waals surface area contributed by atoms with Gasteiger partial charge in [-0.3, -0.25) is 4.79 Å². The maximum absolute atomic E-state index is 13.6. The SMILES string of the molecule is NC(=O)CCC1CN(c2cc(F)cc(F)c2)CCN1c1cccc(O)c1. The van der Waals surface area contributed by atoms with Crippen molar-refractivity contribution < 1.29 is 18.7 Å². The van der Waals surface area contributed by atoms with E-state index in [1.807, 2.05) is 11.0 Å². The molecule has 0 radical (unpaired) electrons. The number of hydrogen-bond acceptors (Lipinski definition) is 4. The Morgan fingerprint density at radius 3 is 2.50 bits per heavy atom. The van der Waals surface area contributed by atoms with Gasteiger partial charge >= 0.3 is 0 Å². The first-order valence-corrected chi connectivity index (χ1v) is 8.47. The minimum absolute atomic E-state index is 0.0793. The van der Waals surface area contributed by atoms with Gasteiger partial charge in [0.1, 0.15) is 17.4 Å². The normalized spacial score (nSPS) is 17.4. The maximum atomic E-state index is 13.6. The highest BCUT2D eigenvalue weighted by Crippen LogP contribution is 2.28. The van der Waals surface area contributed by atoms with Crippen LogP contribution >= 0.6 is 0 Å². The lowest BCUT2D eigenvalue weighted by atomic mass is 10.0. The van der Waals surface area contributed by atoms with Crippen LogP contribution in [0.25, 0.3) is 0 Å². The molecule has 1 atom stereocenters. The van der Waals surface area contributed by atoms with E-state index in [2.05, 4.69) is 4.90 Å². The molecular weight excluding hydrogens is 340 g/mol. The summed E-state index contributed by atoms with van der Waals surface area (Å²) < 4.78 is 27.1. The van der Waals surface area contributed by atoms with Crippen LogP contribution in [-0.2, 0) is 4.79 Å². The van der Waals surface area contributed by atoms with E-state index in [0.717, 1.165) is 11.8 Å². The summed E-state index contributed by atoms with van der Waals surface area (Å²) in [5.74, 6) is -1.48. The summed E-state index contributed by atoms with van der Waals surface area (Å²) >= 11 is 0. The van der Waals surface area contributed by atoms with E-state index in [1.54, 1.807) is 18.2 Å². The van der Waals surface area contributed by atoms with Crippen LogP contribution in [0.2, 0.25) is 0 Å². The van der Waals surface area contributed by atoms with E-state index in [0.29, 0.717) is 31.7 Å². The number of piperazine rings is 1. The number of carbonyl (C=O) groups is 1. The number of benzene rings is 2. The van der Waals surface area contributed by atoms with Crippen molar-refractivity contribution in [1.82, 2.24) is 0 Å². The van der Waals surface area contributed by atoms with Gasteiger partial charge in [-0.05, 0) is 30.7 Å². The lowest BCUT2D eigenvalue weighted by molar-refractivity contribution is -0.118. The van der Waals surface area contributed by atoms with Crippen LogP contribution in [0.15, 0.2) is 42.5 Å². The average molecular weight is 361 g/mol. The number of amides is 1. The molecule has 138 valence electrons. The summed E-state index contributed by atoms with van der Waals surface area (Å²) in [6.07, 6.45) is 0.727. The molecule has 7 heteroatoms. The fourth-order valence-electron chi connectivity index (χ4n) is 3.38. The van der Waals surface area contributed by atoms with E-state index in [9.17, 15) is 18.7 Å². The zero-order chi connectivity index (χ0) is 18.7. The second-order valence-corrected chi connectivity index (χ2v) is 6.45. The number of hydrogen-bond donors (Lipinski definition) is 2. The van der Waals surface area contributed by atoms with Crippen LogP contribution in [0.4, 0.5) is 20.2 Å². The van der Waals surface area contributed by atoms with Crippen LogP contribution in [0.3, 0.4) is 0 Å². The van der Waals surface area contributed by atoms with Crippen LogP contribution in [0.5, 0.6) is 5.75 Å². The first-order valence-electron chi connectivity index (χ1n) is 8.47. The number of nitrogens with two attached hydrogens (primary N) is 1. The molecule has 1 heterocycles. The molecule has 1 amide bonds. The Morgan fingerprint density at radius 2 is 1.85 bits per heavy atom. The molecule has 2 aromatic carbocycles. The Kier molecular flexibility index (Phi) is 5.25. The summed E-state index contributed by atoms with van der Waals surface area (Å²) in [6.45, 7) is 1.64. The third-order valence-electron chi connectivity index (χ3n) is 4.58. The lowest BCUT2D eigenvalue weighted by Gasteiger charge is -2.44. The van der Waals surface area contributed by atoms with Crippen molar-refractivity contribution in [3.8, 4) is 5.75 Å². The molecule has 5 nitrogen and oxygen atoms in total. The number of halogens is 2. The minimum Gasteiger partial charge on any atom is -0.508 e. The third kappa shape index (κ3) is 4.22. The monoisotopic (exact) mass is 361 g/mol. The molecule has 1 aliphatic rings. The van der Waals surface area contributed by atoms with Crippen molar-refractivity contribution in [2.75, 3.05) is 29.4 Å². The summed E-state index contributed by atoms with van der Waals surface area (Å²) in [5, 5.41) is 9.74. The van der Waals surface area contributed by atoms with Gasteiger partial charge in [-0.15, -0.1) is 0 Å².